The van der Waals surface area contributed by atoms with Crippen molar-refractivity contribution in [3.63, 3.8) is 0 Å². The molecule has 1 aliphatic rings. The first-order chi connectivity index (χ1) is 11.3. The number of para-hydroxylation sites is 1. The molecule has 1 aliphatic heterocycles. The van der Waals surface area contributed by atoms with Gasteiger partial charge >= 0.3 is 0 Å². The van der Waals surface area contributed by atoms with Gasteiger partial charge in [-0.15, -0.1) is 0 Å². The number of rotatable bonds is 4. The van der Waals surface area contributed by atoms with Crippen molar-refractivity contribution in [1.29, 1.82) is 0 Å². The van der Waals surface area contributed by atoms with Crippen LogP contribution in [0, 0.1) is 0 Å². The number of methoxy groups -OCH3 is 2. The predicted molar refractivity (Wildman–Crippen MR) is 93.5 cm³/mol. The Bertz CT molecular complexity index is 874. The van der Waals surface area contributed by atoms with Crippen molar-refractivity contribution in [2.75, 3.05) is 25.1 Å². The molecule has 0 bridgehead atoms. The molecule has 0 N–H and O–H groups in total. The number of hydrogen-bond donors (Lipinski definition) is 0. The summed E-state index contributed by atoms with van der Waals surface area (Å²) in [5.74, 6) is 0.824. The summed E-state index contributed by atoms with van der Waals surface area (Å²) in [5.41, 5.74) is 1.50. The second-order valence-electron chi connectivity index (χ2n) is 6.43. The molecule has 0 fully saturated rings. The van der Waals surface area contributed by atoms with Crippen LogP contribution in [0.3, 0.4) is 0 Å². The van der Waals surface area contributed by atoms with E-state index in [-0.39, 0.29) is 16.1 Å². The maximum Gasteiger partial charge on any atom is 0.268 e. The maximum absolute atomic E-state index is 13.3. The average Bonchev–Trinajstić information content (AvgIpc) is 2.86. The number of sulfonamides is 1. The molecule has 5 nitrogen and oxygen atoms in total. The van der Waals surface area contributed by atoms with Crippen molar-refractivity contribution < 1.29 is 17.9 Å². The molecule has 0 amide bonds. The van der Waals surface area contributed by atoms with E-state index in [9.17, 15) is 8.42 Å². The molecule has 24 heavy (non-hydrogen) atoms. The Labute approximate surface area is 142 Å². The fourth-order valence-corrected chi connectivity index (χ4v) is 4.90. The largest absolute Gasteiger partial charge is 0.497 e. The minimum atomic E-state index is -3.74. The highest BCUT2D eigenvalue weighted by Crippen LogP contribution is 2.44. The maximum atomic E-state index is 13.3. The van der Waals surface area contributed by atoms with Gasteiger partial charge in [-0.2, -0.15) is 0 Å². The lowest BCUT2D eigenvalue weighted by Gasteiger charge is -2.23. The van der Waals surface area contributed by atoms with Gasteiger partial charge in [-0.25, -0.2) is 8.42 Å². The predicted octanol–water partition coefficient (Wildman–Crippen LogP) is 3.19. The molecule has 0 saturated heterocycles. The van der Waals surface area contributed by atoms with Gasteiger partial charge in [-0.3, -0.25) is 4.31 Å². The Morgan fingerprint density at radius 3 is 2.42 bits per heavy atom. The highest BCUT2D eigenvalue weighted by Gasteiger charge is 2.41. The van der Waals surface area contributed by atoms with Crippen LogP contribution in [0.15, 0.2) is 47.4 Å². The Kier molecular flexibility index (Phi) is 3.95. The highest BCUT2D eigenvalue weighted by molar-refractivity contribution is 7.93. The van der Waals surface area contributed by atoms with E-state index in [2.05, 4.69) is 0 Å². The second-order valence-corrected chi connectivity index (χ2v) is 8.26. The molecule has 0 spiro atoms. The summed E-state index contributed by atoms with van der Waals surface area (Å²) in [5, 5.41) is 0. The molecule has 1 heterocycles. The Morgan fingerprint density at radius 1 is 1.04 bits per heavy atom. The van der Waals surface area contributed by atoms with E-state index < -0.39 is 10.0 Å². The molecular formula is C18H21NO4S. The minimum Gasteiger partial charge on any atom is -0.497 e. The van der Waals surface area contributed by atoms with Crippen LogP contribution in [0.1, 0.15) is 19.4 Å². The third-order valence-corrected chi connectivity index (χ3v) is 6.18. The van der Waals surface area contributed by atoms with Crippen molar-refractivity contribution in [2.45, 2.75) is 24.2 Å². The lowest BCUT2D eigenvalue weighted by molar-refractivity contribution is 0.386. The minimum absolute atomic E-state index is 0.137. The molecule has 0 aliphatic carbocycles. The molecule has 2 aromatic carbocycles. The van der Waals surface area contributed by atoms with Gasteiger partial charge in [0.15, 0.2) is 0 Å². The third kappa shape index (κ3) is 2.51. The van der Waals surface area contributed by atoms with Gasteiger partial charge in [0.25, 0.3) is 10.0 Å². The third-order valence-electron chi connectivity index (χ3n) is 4.38. The zero-order valence-electron chi connectivity index (χ0n) is 14.2. The number of ether oxygens (including phenoxy) is 2. The zero-order valence-corrected chi connectivity index (χ0v) is 15.1. The average molecular weight is 347 g/mol. The molecule has 6 heteroatoms. The Morgan fingerprint density at radius 2 is 1.75 bits per heavy atom. The van der Waals surface area contributed by atoms with Crippen LogP contribution in [0.2, 0.25) is 0 Å². The quantitative estimate of drug-likeness (QED) is 0.852. The van der Waals surface area contributed by atoms with Crippen molar-refractivity contribution >= 4 is 15.7 Å². The topological polar surface area (TPSA) is 55.8 Å². The number of anilines is 1. The lowest BCUT2D eigenvalue weighted by atomic mass is 9.87. The van der Waals surface area contributed by atoms with Crippen molar-refractivity contribution in [3.8, 4) is 11.5 Å². The van der Waals surface area contributed by atoms with Crippen LogP contribution >= 0.6 is 0 Å². The summed E-state index contributed by atoms with van der Waals surface area (Å²) in [4.78, 5) is 0.137. The Hall–Kier alpha value is -2.21. The van der Waals surface area contributed by atoms with E-state index in [1.807, 2.05) is 38.1 Å². The van der Waals surface area contributed by atoms with Crippen LogP contribution in [0.5, 0.6) is 11.5 Å². The summed E-state index contributed by atoms with van der Waals surface area (Å²) in [6.45, 7) is 4.49. The van der Waals surface area contributed by atoms with E-state index in [0.717, 1.165) is 11.3 Å². The Balaban J connectivity index is 2.14. The molecule has 128 valence electrons. The van der Waals surface area contributed by atoms with Crippen molar-refractivity contribution in [1.82, 2.24) is 0 Å². The number of nitrogens with zero attached hydrogens (tertiary/aromatic N) is 1. The summed E-state index contributed by atoms with van der Waals surface area (Å²) in [7, 11) is -0.754. The van der Waals surface area contributed by atoms with E-state index >= 15 is 0 Å². The van der Waals surface area contributed by atoms with Crippen molar-refractivity contribution in [2.24, 2.45) is 0 Å². The SMILES string of the molecule is COc1ccc(S(=O)(=O)N2CC(C)(C)c3ccccc32)c(OC)c1. The molecule has 0 aromatic heterocycles. The summed E-state index contributed by atoms with van der Waals surface area (Å²) >= 11 is 0. The van der Waals surface area contributed by atoms with E-state index in [4.69, 9.17) is 9.47 Å². The van der Waals surface area contributed by atoms with E-state index in [0.29, 0.717) is 12.3 Å². The smallest absolute Gasteiger partial charge is 0.268 e. The molecule has 0 unspecified atom stereocenters. The zero-order chi connectivity index (χ0) is 17.5. The van der Waals surface area contributed by atoms with Gasteiger partial charge in [0.1, 0.15) is 16.4 Å². The molecule has 3 rings (SSSR count). The number of hydrogen-bond acceptors (Lipinski definition) is 4. The standard InChI is InChI=1S/C18H21NO4S/c1-18(2)12-19(15-8-6-5-7-14(15)18)24(20,21)17-10-9-13(22-3)11-16(17)23-4/h5-11H,12H2,1-4H3. The van der Waals surface area contributed by atoms with Gasteiger partial charge in [0.05, 0.1) is 19.9 Å². The van der Waals surface area contributed by atoms with Gasteiger partial charge in [-0.1, -0.05) is 32.0 Å². The number of fused-ring (bicyclic) bond motifs is 1. The van der Waals surface area contributed by atoms with Crippen LogP contribution in [-0.2, 0) is 15.4 Å². The van der Waals surface area contributed by atoms with Crippen LogP contribution in [0.4, 0.5) is 5.69 Å². The fourth-order valence-electron chi connectivity index (χ4n) is 3.11. The van der Waals surface area contributed by atoms with Gasteiger partial charge in [0, 0.05) is 18.0 Å². The number of benzene rings is 2. The van der Waals surface area contributed by atoms with Crippen LogP contribution in [0.25, 0.3) is 0 Å². The van der Waals surface area contributed by atoms with E-state index in [1.165, 1.54) is 24.6 Å². The van der Waals surface area contributed by atoms with Gasteiger partial charge in [-0.05, 0) is 23.8 Å². The first-order valence-corrected chi connectivity index (χ1v) is 9.09. The molecule has 0 radical (unpaired) electrons. The molecular weight excluding hydrogens is 326 g/mol. The first-order valence-electron chi connectivity index (χ1n) is 7.65. The monoisotopic (exact) mass is 347 g/mol. The molecule has 0 atom stereocenters. The molecule has 2 aromatic rings. The van der Waals surface area contributed by atoms with E-state index in [1.54, 1.807) is 12.1 Å². The van der Waals surface area contributed by atoms with Gasteiger partial charge in [0.2, 0.25) is 0 Å². The van der Waals surface area contributed by atoms with Gasteiger partial charge < -0.3 is 9.47 Å². The molecule has 0 saturated carbocycles. The summed E-state index contributed by atoms with van der Waals surface area (Å²) in [6.07, 6.45) is 0. The summed E-state index contributed by atoms with van der Waals surface area (Å²) < 4.78 is 38.4. The lowest BCUT2D eigenvalue weighted by Crippen LogP contribution is -2.34. The highest BCUT2D eigenvalue weighted by atomic mass is 32.2. The van der Waals surface area contributed by atoms with Crippen LogP contribution < -0.4 is 13.8 Å². The normalized spacial score (nSPS) is 15.9. The fraction of sp³-hybridized carbons (Fsp3) is 0.333. The van der Waals surface area contributed by atoms with Crippen molar-refractivity contribution in [3.05, 3.63) is 48.0 Å². The second kappa shape index (κ2) is 5.70. The van der Waals surface area contributed by atoms with Crippen LogP contribution in [-0.4, -0.2) is 29.2 Å². The summed E-state index contributed by atoms with van der Waals surface area (Å²) in [6, 6.07) is 12.4. The first kappa shape index (κ1) is 16.6.